The first-order chi connectivity index (χ1) is 13.1. The van der Waals surface area contributed by atoms with Gasteiger partial charge in [0.1, 0.15) is 12.0 Å². The summed E-state index contributed by atoms with van der Waals surface area (Å²) in [5.74, 6) is 0.366. The molecule has 4 rings (SSSR count). The van der Waals surface area contributed by atoms with E-state index in [9.17, 15) is 14.4 Å². The molecule has 0 amide bonds. The maximum Gasteiger partial charge on any atom is 0.427 e. The molecule has 1 fully saturated rings. The topological polar surface area (TPSA) is 79.5 Å². The van der Waals surface area contributed by atoms with Crippen molar-refractivity contribution in [3.8, 4) is 5.75 Å². The monoisotopic (exact) mass is 370 g/mol. The van der Waals surface area contributed by atoms with Gasteiger partial charge in [0.25, 0.3) is 5.56 Å². The summed E-state index contributed by atoms with van der Waals surface area (Å²) in [6.07, 6.45) is 2.75. The van der Waals surface area contributed by atoms with Crippen molar-refractivity contribution in [2.45, 2.75) is 51.7 Å². The summed E-state index contributed by atoms with van der Waals surface area (Å²) in [5.41, 5.74) is 0.919. The van der Waals surface area contributed by atoms with Crippen molar-refractivity contribution in [3.63, 3.8) is 0 Å². The molecular formula is C20H22N2O5. The fourth-order valence-corrected chi connectivity index (χ4v) is 3.86. The molecule has 7 nitrogen and oxygen atoms in total. The zero-order chi connectivity index (χ0) is 19.0. The van der Waals surface area contributed by atoms with E-state index in [1.165, 1.54) is 0 Å². The normalized spacial score (nSPS) is 18.9. The number of aromatic nitrogens is 2. The van der Waals surface area contributed by atoms with Gasteiger partial charge in [0.15, 0.2) is 0 Å². The quantitative estimate of drug-likeness (QED) is 0.812. The van der Waals surface area contributed by atoms with Crippen LogP contribution in [0.5, 0.6) is 5.75 Å². The number of benzene rings is 1. The Labute approximate surface area is 156 Å². The van der Waals surface area contributed by atoms with E-state index < -0.39 is 18.0 Å². The van der Waals surface area contributed by atoms with Gasteiger partial charge in [-0.1, -0.05) is 12.1 Å². The molecule has 0 spiro atoms. The van der Waals surface area contributed by atoms with Crippen LogP contribution in [-0.2, 0) is 17.6 Å². The van der Waals surface area contributed by atoms with Crippen molar-refractivity contribution in [3.05, 3.63) is 61.9 Å². The Morgan fingerprint density at radius 2 is 2.04 bits per heavy atom. The molecule has 1 atom stereocenters. The van der Waals surface area contributed by atoms with E-state index in [0.717, 1.165) is 34.0 Å². The Bertz CT molecular complexity index is 998. The summed E-state index contributed by atoms with van der Waals surface area (Å²) in [6.45, 7) is 2.39. The predicted octanol–water partition coefficient (Wildman–Crippen LogP) is 2.55. The minimum Gasteiger partial charge on any atom is -0.410 e. The number of carbonyl (C=O) groups is 1. The van der Waals surface area contributed by atoms with Crippen molar-refractivity contribution < 1.29 is 14.3 Å². The fourth-order valence-electron chi connectivity index (χ4n) is 3.86. The standard InChI is InChI=1S/C20H22N2O5/c1-13-6-4-7-14(12-13)27-20(25)21-16-9-5-8-15(16)18(23)22(19(21)24)17-10-2-3-11-26-17/h4,6-7,12,17H,2-3,5,8-11H2,1H3. The van der Waals surface area contributed by atoms with E-state index in [0.29, 0.717) is 42.9 Å². The Morgan fingerprint density at radius 3 is 2.78 bits per heavy atom. The highest BCUT2D eigenvalue weighted by Crippen LogP contribution is 2.23. The molecule has 2 aromatic rings. The second-order valence-electron chi connectivity index (χ2n) is 7.08. The minimum atomic E-state index is -0.784. The fraction of sp³-hybridized carbons (Fsp3) is 0.450. The lowest BCUT2D eigenvalue weighted by atomic mass is 10.2. The molecule has 1 aromatic carbocycles. The Morgan fingerprint density at radius 1 is 1.19 bits per heavy atom. The van der Waals surface area contributed by atoms with E-state index >= 15 is 0 Å². The molecule has 0 radical (unpaired) electrons. The van der Waals surface area contributed by atoms with Crippen LogP contribution in [0.1, 0.15) is 48.7 Å². The van der Waals surface area contributed by atoms with Crippen molar-refractivity contribution >= 4 is 6.09 Å². The van der Waals surface area contributed by atoms with Crippen molar-refractivity contribution in [1.82, 2.24) is 9.13 Å². The van der Waals surface area contributed by atoms with E-state index in [1.807, 2.05) is 13.0 Å². The van der Waals surface area contributed by atoms with E-state index in [1.54, 1.807) is 18.2 Å². The molecule has 1 saturated heterocycles. The van der Waals surface area contributed by atoms with Crippen LogP contribution in [0.25, 0.3) is 0 Å². The minimum absolute atomic E-state index is 0.334. The number of hydrogen-bond acceptors (Lipinski definition) is 5. The van der Waals surface area contributed by atoms with E-state index in [4.69, 9.17) is 9.47 Å². The smallest absolute Gasteiger partial charge is 0.410 e. The van der Waals surface area contributed by atoms with Gasteiger partial charge in [-0.2, -0.15) is 4.57 Å². The average Bonchev–Trinajstić information content (AvgIpc) is 3.12. The SMILES string of the molecule is Cc1cccc(OC(=O)n2c3c(c(=O)n(C4CCCCO4)c2=O)CCC3)c1. The van der Waals surface area contributed by atoms with E-state index in [-0.39, 0.29) is 5.56 Å². The summed E-state index contributed by atoms with van der Waals surface area (Å²) in [7, 11) is 0. The molecule has 0 N–H and O–H groups in total. The van der Waals surface area contributed by atoms with Crippen molar-refractivity contribution in [1.29, 1.82) is 0 Å². The van der Waals surface area contributed by atoms with Gasteiger partial charge in [-0.3, -0.25) is 4.79 Å². The van der Waals surface area contributed by atoms with E-state index in [2.05, 4.69) is 0 Å². The number of rotatable bonds is 2. The molecule has 1 aliphatic carbocycles. The second kappa shape index (κ2) is 7.15. The van der Waals surface area contributed by atoms with Gasteiger partial charge in [-0.05, 0) is 63.1 Å². The molecule has 0 saturated carbocycles. The third-order valence-electron chi connectivity index (χ3n) is 5.15. The second-order valence-corrected chi connectivity index (χ2v) is 7.08. The van der Waals surface area contributed by atoms with Gasteiger partial charge in [0.05, 0.1) is 0 Å². The number of aryl methyl sites for hydroxylation is 1. The van der Waals surface area contributed by atoms with Crippen LogP contribution in [-0.4, -0.2) is 21.8 Å². The number of ether oxygens (including phenoxy) is 2. The maximum absolute atomic E-state index is 13.1. The summed E-state index contributed by atoms with van der Waals surface area (Å²) in [4.78, 5) is 38.8. The molecule has 2 aliphatic rings. The summed E-state index contributed by atoms with van der Waals surface area (Å²) in [6, 6.07) is 7.06. The first-order valence-electron chi connectivity index (χ1n) is 9.36. The zero-order valence-electron chi connectivity index (χ0n) is 15.3. The molecule has 1 aromatic heterocycles. The third-order valence-corrected chi connectivity index (χ3v) is 5.15. The molecule has 27 heavy (non-hydrogen) atoms. The van der Waals surface area contributed by atoms with Gasteiger partial charge in [0.2, 0.25) is 0 Å². The molecule has 2 heterocycles. The highest BCUT2D eigenvalue weighted by molar-refractivity contribution is 5.74. The molecule has 1 aliphatic heterocycles. The highest BCUT2D eigenvalue weighted by Gasteiger charge is 2.30. The van der Waals surface area contributed by atoms with Crippen LogP contribution in [0.15, 0.2) is 33.9 Å². The maximum atomic E-state index is 13.1. The number of fused-ring (bicyclic) bond motifs is 1. The Kier molecular flexibility index (Phi) is 4.70. The lowest BCUT2D eigenvalue weighted by Gasteiger charge is -2.25. The van der Waals surface area contributed by atoms with Crippen LogP contribution in [0.2, 0.25) is 0 Å². The van der Waals surface area contributed by atoms with Gasteiger partial charge in [-0.25, -0.2) is 14.2 Å². The molecular weight excluding hydrogens is 348 g/mol. The van der Waals surface area contributed by atoms with Gasteiger partial charge < -0.3 is 9.47 Å². The zero-order valence-corrected chi connectivity index (χ0v) is 15.3. The number of nitrogens with zero attached hydrogens (tertiary/aromatic N) is 2. The molecule has 0 bridgehead atoms. The van der Waals surface area contributed by atoms with Crippen LogP contribution >= 0.6 is 0 Å². The van der Waals surface area contributed by atoms with Crippen LogP contribution in [0.4, 0.5) is 4.79 Å². The largest absolute Gasteiger partial charge is 0.427 e. The summed E-state index contributed by atoms with van der Waals surface area (Å²) < 4.78 is 13.2. The first kappa shape index (κ1) is 17.7. The number of hydrogen-bond donors (Lipinski definition) is 0. The molecule has 1 unspecified atom stereocenters. The Hall–Kier alpha value is -2.67. The summed E-state index contributed by atoms with van der Waals surface area (Å²) >= 11 is 0. The average molecular weight is 370 g/mol. The van der Waals surface area contributed by atoms with Gasteiger partial charge >= 0.3 is 11.8 Å². The lowest BCUT2D eigenvalue weighted by molar-refractivity contribution is -0.0374. The highest BCUT2D eigenvalue weighted by atomic mass is 16.6. The third kappa shape index (κ3) is 3.23. The predicted molar refractivity (Wildman–Crippen MR) is 98.4 cm³/mol. The van der Waals surface area contributed by atoms with Crippen LogP contribution in [0, 0.1) is 6.92 Å². The van der Waals surface area contributed by atoms with Crippen LogP contribution < -0.4 is 16.0 Å². The Balaban J connectivity index is 1.80. The van der Waals surface area contributed by atoms with Crippen molar-refractivity contribution in [2.75, 3.05) is 6.61 Å². The van der Waals surface area contributed by atoms with Crippen LogP contribution in [0.3, 0.4) is 0 Å². The molecule has 142 valence electrons. The summed E-state index contributed by atoms with van der Waals surface area (Å²) in [5, 5.41) is 0. The molecule has 7 heteroatoms. The van der Waals surface area contributed by atoms with Crippen molar-refractivity contribution in [2.24, 2.45) is 0 Å². The first-order valence-corrected chi connectivity index (χ1v) is 9.36. The van der Waals surface area contributed by atoms with Gasteiger partial charge in [0, 0.05) is 17.9 Å². The number of carbonyl (C=O) groups excluding carboxylic acids is 1. The van der Waals surface area contributed by atoms with Gasteiger partial charge in [-0.15, -0.1) is 0 Å². The lowest BCUT2D eigenvalue weighted by Crippen LogP contribution is -2.48.